The van der Waals surface area contributed by atoms with Crippen molar-refractivity contribution in [3.8, 4) is 6.07 Å². The van der Waals surface area contributed by atoms with Crippen molar-refractivity contribution in [3.63, 3.8) is 0 Å². The number of Topliss-reactive ketones (excluding diaryl/α,β-unsaturated/α-hetero) is 1. The van der Waals surface area contributed by atoms with Gasteiger partial charge < -0.3 is 15.0 Å². The smallest absolute Gasteiger partial charge is 0.408 e. The number of nitrogens with one attached hydrogen (secondary N) is 1. The molecule has 3 aromatic rings. The van der Waals surface area contributed by atoms with Crippen molar-refractivity contribution in [2.75, 3.05) is 13.1 Å². The summed E-state index contributed by atoms with van der Waals surface area (Å²) in [5.74, 6) is -0.615. The topological polar surface area (TPSA) is 99.5 Å². The average Bonchev–Trinajstić information content (AvgIpc) is 3.35. The van der Waals surface area contributed by atoms with Crippen LogP contribution in [0.15, 0.2) is 91.0 Å². The number of rotatable bonds is 8. The van der Waals surface area contributed by atoms with Crippen LogP contribution in [0.3, 0.4) is 0 Å². The van der Waals surface area contributed by atoms with Gasteiger partial charge in [-0.15, -0.1) is 0 Å². The summed E-state index contributed by atoms with van der Waals surface area (Å²) in [4.78, 5) is 41.6. The first-order valence-electron chi connectivity index (χ1n) is 13.3. The minimum Gasteiger partial charge on any atom is -0.444 e. The van der Waals surface area contributed by atoms with Crippen LogP contribution < -0.4 is 21.2 Å². The zero-order valence-electron chi connectivity index (χ0n) is 23.0. The standard InChI is InChI=1S/C32H34N3O4P/c1-32(2,3)39-31(38)34-27(23-35-21-13-20-29(35)36)30(37)28(22-33)40(24-14-7-4-8-15-24,25-16-9-5-10-17-25)26-18-11-6-12-19-26/h4-12,14-19,27H,13,20-21,23H2,1-3H3,(H,34,38)/t27-/m0/s1. The van der Waals surface area contributed by atoms with E-state index in [1.807, 2.05) is 91.0 Å². The van der Waals surface area contributed by atoms with Gasteiger partial charge in [-0.3, -0.25) is 9.59 Å². The summed E-state index contributed by atoms with van der Waals surface area (Å²) in [6.45, 7) is 2.63. The number of alkyl carbamates (subject to hydrolysis) is 1. The highest BCUT2D eigenvalue weighted by atomic mass is 31.2. The molecule has 7 nitrogen and oxygen atoms in total. The molecule has 4 rings (SSSR count). The van der Waals surface area contributed by atoms with Crippen molar-refractivity contribution in [1.82, 2.24) is 10.2 Å². The van der Waals surface area contributed by atoms with Crippen LogP contribution in [-0.4, -0.2) is 52.7 Å². The van der Waals surface area contributed by atoms with Crippen LogP contribution in [-0.2, 0) is 14.3 Å². The van der Waals surface area contributed by atoms with Gasteiger partial charge in [0.15, 0.2) is 5.78 Å². The molecule has 1 aliphatic heterocycles. The molecule has 1 fully saturated rings. The number of nitrogens with zero attached hydrogens (tertiary/aromatic N) is 2. The van der Waals surface area contributed by atoms with Crippen molar-refractivity contribution >= 4 is 45.9 Å². The molecule has 0 radical (unpaired) electrons. The number of likely N-dealkylation sites (tertiary alicyclic amines) is 1. The number of hydrogen-bond acceptors (Lipinski definition) is 5. The molecule has 40 heavy (non-hydrogen) atoms. The molecule has 206 valence electrons. The van der Waals surface area contributed by atoms with Gasteiger partial charge >= 0.3 is 6.09 Å². The van der Waals surface area contributed by atoms with Gasteiger partial charge in [0.2, 0.25) is 5.91 Å². The molecule has 8 heteroatoms. The maximum Gasteiger partial charge on any atom is 0.408 e. The van der Waals surface area contributed by atoms with E-state index in [1.54, 1.807) is 25.7 Å². The Morgan fingerprint density at radius 2 is 1.40 bits per heavy atom. The highest BCUT2D eigenvalue weighted by Crippen LogP contribution is 2.46. The Morgan fingerprint density at radius 1 is 0.925 bits per heavy atom. The Balaban J connectivity index is 1.99. The van der Waals surface area contributed by atoms with Crippen LogP contribution >= 0.6 is 6.89 Å². The van der Waals surface area contributed by atoms with Gasteiger partial charge in [0, 0.05) is 19.5 Å². The molecule has 1 heterocycles. The molecule has 1 saturated heterocycles. The minimum atomic E-state index is -3.01. The summed E-state index contributed by atoms with van der Waals surface area (Å²) in [7, 11) is 0. The fraction of sp³-hybridized carbons (Fsp3) is 0.281. The van der Waals surface area contributed by atoms with Gasteiger partial charge in [-0.1, -0.05) is 91.0 Å². The van der Waals surface area contributed by atoms with Crippen molar-refractivity contribution in [2.45, 2.75) is 45.3 Å². The van der Waals surface area contributed by atoms with E-state index >= 15 is 0 Å². The molecule has 1 atom stereocenters. The lowest BCUT2D eigenvalue weighted by atomic mass is 10.1. The first kappa shape index (κ1) is 28.9. The quantitative estimate of drug-likeness (QED) is 0.427. The zero-order chi connectivity index (χ0) is 28.8. The molecule has 2 amide bonds. The highest BCUT2D eigenvalue weighted by Gasteiger charge is 2.38. The second-order valence-corrected chi connectivity index (χ2v) is 14.0. The molecule has 0 saturated carbocycles. The Hall–Kier alpha value is -4.14. The summed E-state index contributed by atoms with van der Waals surface area (Å²) >= 11 is 0. The maximum absolute atomic E-state index is 14.6. The second kappa shape index (κ2) is 12.4. The molecule has 0 unspecified atom stereocenters. The van der Waals surface area contributed by atoms with Crippen LogP contribution in [0.2, 0.25) is 0 Å². The van der Waals surface area contributed by atoms with E-state index in [1.165, 1.54) is 0 Å². The fourth-order valence-electron chi connectivity index (χ4n) is 5.01. The molecule has 0 aliphatic carbocycles. The lowest BCUT2D eigenvalue weighted by Gasteiger charge is -2.32. The van der Waals surface area contributed by atoms with Gasteiger partial charge in [-0.25, -0.2) is 4.79 Å². The first-order chi connectivity index (χ1) is 19.2. The zero-order valence-corrected chi connectivity index (χ0v) is 23.9. The van der Waals surface area contributed by atoms with Gasteiger partial charge in [0.1, 0.15) is 23.0 Å². The number of carbonyl (C=O) groups is 3. The average molecular weight is 556 g/mol. The second-order valence-electron chi connectivity index (χ2n) is 10.6. The summed E-state index contributed by atoms with van der Waals surface area (Å²) < 4.78 is 5.47. The maximum atomic E-state index is 14.6. The molecule has 0 spiro atoms. The van der Waals surface area contributed by atoms with Crippen LogP contribution in [0.5, 0.6) is 0 Å². The van der Waals surface area contributed by atoms with Crippen LogP contribution in [0.1, 0.15) is 33.6 Å². The summed E-state index contributed by atoms with van der Waals surface area (Å²) in [5, 5.41) is 16.1. The van der Waals surface area contributed by atoms with Gasteiger partial charge in [-0.2, -0.15) is 5.26 Å². The van der Waals surface area contributed by atoms with Crippen molar-refractivity contribution in [3.05, 3.63) is 91.0 Å². The molecule has 1 aliphatic rings. The van der Waals surface area contributed by atoms with E-state index in [0.717, 1.165) is 15.9 Å². The van der Waals surface area contributed by atoms with E-state index in [-0.39, 0.29) is 17.7 Å². The number of carbonyl (C=O) groups excluding carboxylic acids is 3. The van der Waals surface area contributed by atoms with Crippen molar-refractivity contribution in [2.24, 2.45) is 0 Å². The molecular formula is C32H34N3O4P. The fourth-order valence-corrected chi connectivity index (χ4v) is 9.17. The third-order valence-electron chi connectivity index (χ3n) is 6.69. The monoisotopic (exact) mass is 555 g/mol. The van der Waals surface area contributed by atoms with Crippen LogP contribution in [0.4, 0.5) is 4.79 Å². The van der Waals surface area contributed by atoms with E-state index in [0.29, 0.717) is 19.4 Å². The van der Waals surface area contributed by atoms with Crippen molar-refractivity contribution < 1.29 is 19.1 Å². The van der Waals surface area contributed by atoms with E-state index < -0.39 is 30.4 Å². The predicted octanol–water partition coefficient (Wildman–Crippen LogP) is 3.76. The number of benzene rings is 3. The Morgan fingerprint density at radius 3 is 1.77 bits per heavy atom. The van der Waals surface area contributed by atoms with Gasteiger partial charge in [0.05, 0.1) is 0 Å². The summed E-state index contributed by atoms with van der Waals surface area (Å²) in [6.07, 6.45) is 0.283. The van der Waals surface area contributed by atoms with E-state index in [2.05, 4.69) is 11.4 Å². The highest BCUT2D eigenvalue weighted by molar-refractivity contribution is 7.97. The minimum absolute atomic E-state index is 0.0412. The number of ether oxygens (including phenoxy) is 1. The third-order valence-corrected chi connectivity index (χ3v) is 10.9. The molecule has 3 aromatic carbocycles. The first-order valence-corrected chi connectivity index (χ1v) is 15.1. The Bertz CT molecular complexity index is 1360. The predicted molar refractivity (Wildman–Crippen MR) is 160 cm³/mol. The number of hydrogen-bond donors (Lipinski definition) is 1. The lowest BCUT2D eigenvalue weighted by molar-refractivity contribution is -0.128. The Kier molecular flexibility index (Phi) is 8.92. The van der Waals surface area contributed by atoms with Crippen molar-refractivity contribution in [1.29, 1.82) is 5.26 Å². The number of nitriles is 1. The third kappa shape index (κ3) is 6.19. The van der Waals surface area contributed by atoms with Crippen LogP contribution in [0.25, 0.3) is 0 Å². The van der Waals surface area contributed by atoms with Gasteiger partial charge in [0.25, 0.3) is 0 Å². The number of ketones is 1. The number of amides is 2. The normalized spacial score (nSPS) is 14.2. The molecule has 1 N–H and O–H groups in total. The van der Waals surface area contributed by atoms with Gasteiger partial charge in [-0.05, 0) is 50.0 Å². The summed E-state index contributed by atoms with van der Waals surface area (Å²) in [5.41, 5.74) is -0.794. The Labute approximate surface area is 235 Å². The molecule has 0 aromatic heterocycles. The molecule has 0 bridgehead atoms. The largest absolute Gasteiger partial charge is 0.444 e. The SMILES string of the molecule is CC(C)(C)OC(=O)N[C@@H](CN1CCCC1=O)C(=O)C(C#N)=P(c1ccccc1)(c1ccccc1)c1ccccc1. The summed E-state index contributed by atoms with van der Waals surface area (Å²) in [6, 6.07) is 29.9. The lowest BCUT2D eigenvalue weighted by Crippen LogP contribution is -2.52. The molecular weight excluding hydrogens is 521 g/mol. The van der Waals surface area contributed by atoms with E-state index in [4.69, 9.17) is 4.74 Å². The van der Waals surface area contributed by atoms with E-state index in [9.17, 15) is 19.6 Å². The van der Waals surface area contributed by atoms with Crippen LogP contribution in [0, 0.1) is 11.3 Å².